The predicted octanol–water partition coefficient (Wildman–Crippen LogP) is 1.85. The fourth-order valence-corrected chi connectivity index (χ4v) is 1.51. The molecule has 0 heterocycles. The maximum Gasteiger partial charge on any atom is 0.123 e. The number of rotatable bonds is 2. The lowest BCUT2D eigenvalue weighted by Crippen LogP contribution is -2.16. The first kappa shape index (κ1) is 10.2. The standard InChI is InChI=1S/C11H16O2/c1-11(2,13)7-9-4-3-5-10(6-9)8-12/h3-4,7-8,10,13H,5-6H2,1-2H3/b9-7-. The molecule has 1 N–H and O–H groups in total. The smallest absolute Gasteiger partial charge is 0.123 e. The molecule has 1 aliphatic rings. The van der Waals surface area contributed by atoms with Crippen molar-refractivity contribution in [3.8, 4) is 0 Å². The van der Waals surface area contributed by atoms with Crippen LogP contribution in [0.3, 0.4) is 0 Å². The topological polar surface area (TPSA) is 37.3 Å². The van der Waals surface area contributed by atoms with E-state index in [0.29, 0.717) is 0 Å². The van der Waals surface area contributed by atoms with E-state index in [4.69, 9.17) is 0 Å². The van der Waals surface area contributed by atoms with E-state index in [1.807, 2.05) is 12.2 Å². The summed E-state index contributed by atoms with van der Waals surface area (Å²) in [6.45, 7) is 3.47. The third-order valence-corrected chi connectivity index (χ3v) is 2.00. The molecule has 0 bridgehead atoms. The normalized spacial score (nSPS) is 26.4. The zero-order valence-corrected chi connectivity index (χ0v) is 8.16. The van der Waals surface area contributed by atoms with E-state index in [1.54, 1.807) is 19.9 Å². The molecule has 1 unspecified atom stereocenters. The van der Waals surface area contributed by atoms with E-state index >= 15 is 0 Å². The summed E-state index contributed by atoms with van der Waals surface area (Å²) in [5.41, 5.74) is 0.264. The summed E-state index contributed by atoms with van der Waals surface area (Å²) in [5, 5.41) is 9.53. The van der Waals surface area contributed by atoms with Gasteiger partial charge in [0.1, 0.15) is 6.29 Å². The molecule has 2 nitrogen and oxygen atoms in total. The van der Waals surface area contributed by atoms with Crippen molar-refractivity contribution >= 4 is 6.29 Å². The molecule has 0 amide bonds. The number of aldehydes is 1. The van der Waals surface area contributed by atoms with Crippen LogP contribution in [0.15, 0.2) is 23.8 Å². The van der Waals surface area contributed by atoms with E-state index in [9.17, 15) is 9.90 Å². The van der Waals surface area contributed by atoms with E-state index in [-0.39, 0.29) is 5.92 Å². The highest BCUT2D eigenvalue weighted by atomic mass is 16.3. The first-order valence-electron chi connectivity index (χ1n) is 4.57. The summed E-state index contributed by atoms with van der Waals surface area (Å²) in [5.74, 6) is 0.0959. The predicted molar refractivity (Wildman–Crippen MR) is 52.3 cm³/mol. The van der Waals surface area contributed by atoms with Gasteiger partial charge in [-0.3, -0.25) is 0 Å². The van der Waals surface area contributed by atoms with Crippen molar-refractivity contribution in [1.82, 2.24) is 0 Å². The van der Waals surface area contributed by atoms with Gasteiger partial charge in [-0.05, 0) is 32.3 Å². The molecule has 0 aromatic carbocycles. The first-order valence-corrected chi connectivity index (χ1v) is 4.57. The van der Waals surface area contributed by atoms with E-state index in [2.05, 4.69) is 0 Å². The Balaban J connectivity index is 2.72. The zero-order valence-electron chi connectivity index (χ0n) is 8.16. The molecule has 0 saturated heterocycles. The SMILES string of the molecule is CC(C)(O)/C=C1/C=CCC(C=O)C1. The number of hydrogen-bond donors (Lipinski definition) is 1. The quantitative estimate of drug-likeness (QED) is 0.658. The lowest BCUT2D eigenvalue weighted by atomic mass is 9.89. The minimum Gasteiger partial charge on any atom is -0.386 e. The van der Waals surface area contributed by atoms with Gasteiger partial charge in [-0.1, -0.05) is 18.2 Å². The van der Waals surface area contributed by atoms with Gasteiger partial charge in [-0.15, -0.1) is 0 Å². The highest BCUT2D eigenvalue weighted by Gasteiger charge is 2.15. The molecule has 0 radical (unpaired) electrons. The average molecular weight is 180 g/mol. The van der Waals surface area contributed by atoms with Crippen LogP contribution in [0.2, 0.25) is 0 Å². The summed E-state index contributed by atoms with van der Waals surface area (Å²) in [6, 6.07) is 0. The fraction of sp³-hybridized carbons (Fsp3) is 0.545. The van der Waals surface area contributed by atoms with Crippen LogP contribution in [-0.4, -0.2) is 17.0 Å². The molecular formula is C11H16O2. The van der Waals surface area contributed by atoms with Crippen LogP contribution in [0, 0.1) is 5.92 Å². The third kappa shape index (κ3) is 3.55. The third-order valence-electron chi connectivity index (χ3n) is 2.00. The van der Waals surface area contributed by atoms with Crippen LogP contribution in [-0.2, 0) is 4.79 Å². The number of allylic oxidation sites excluding steroid dienone is 3. The summed E-state index contributed by atoms with van der Waals surface area (Å²) in [6.07, 6.45) is 8.34. The lowest BCUT2D eigenvalue weighted by molar-refractivity contribution is -0.111. The molecule has 1 atom stereocenters. The number of hydrogen-bond acceptors (Lipinski definition) is 2. The number of carbonyl (C=O) groups excluding carboxylic acids is 1. The van der Waals surface area contributed by atoms with E-state index < -0.39 is 5.60 Å². The monoisotopic (exact) mass is 180 g/mol. The van der Waals surface area contributed by atoms with Gasteiger partial charge in [0.2, 0.25) is 0 Å². The average Bonchev–Trinajstić information content (AvgIpc) is 2.01. The van der Waals surface area contributed by atoms with E-state index in [1.165, 1.54) is 0 Å². The summed E-state index contributed by atoms with van der Waals surface area (Å²) >= 11 is 0. The maximum absolute atomic E-state index is 10.5. The van der Waals surface area contributed by atoms with Crippen molar-refractivity contribution in [2.45, 2.75) is 32.3 Å². The first-order chi connectivity index (χ1) is 6.01. The Kier molecular flexibility index (Phi) is 3.04. The van der Waals surface area contributed by atoms with Crippen molar-refractivity contribution in [3.63, 3.8) is 0 Å². The van der Waals surface area contributed by atoms with Gasteiger partial charge in [-0.25, -0.2) is 0 Å². The summed E-state index contributed by atoms with van der Waals surface area (Å²) < 4.78 is 0. The van der Waals surface area contributed by atoms with Gasteiger partial charge in [0.25, 0.3) is 0 Å². The lowest BCUT2D eigenvalue weighted by Gasteiger charge is -2.18. The molecule has 0 aromatic heterocycles. The van der Waals surface area contributed by atoms with Crippen LogP contribution in [0.25, 0.3) is 0 Å². The Morgan fingerprint density at radius 1 is 1.62 bits per heavy atom. The van der Waals surface area contributed by atoms with Crippen molar-refractivity contribution in [2.24, 2.45) is 5.92 Å². The second kappa shape index (κ2) is 3.88. The van der Waals surface area contributed by atoms with Crippen molar-refractivity contribution in [2.75, 3.05) is 0 Å². The minimum atomic E-state index is -0.787. The van der Waals surface area contributed by atoms with Crippen LogP contribution in [0.4, 0.5) is 0 Å². The minimum absolute atomic E-state index is 0.0959. The Labute approximate surface area is 79.0 Å². The van der Waals surface area contributed by atoms with Gasteiger partial charge in [-0.2, -0.15) is 0 Å². The molecule has 72 valence electrons. The Hall–Kier alpha value is -0.890. The van der Waals surface area contributed by atoms with E-state index in [0.717, 1.165) is 24.7 Å². The molecule has 0 fully saturated rings. The highest BCUT2D eigenvalue weighted by molar-refractivity contribution is 5.56. The fourth-order valence-electron chi connectivity index (χ4n) is 1.51. The van der Waals surface area contributed by atoms with Crippen LogP contribution >= 0.6 is 0 Å². The van der Waals surface area contributed by atoms with Gasteiger partial charge in [0.05, 0.1) is 5.60 Å². The molecule has 0 aliphatic heterocycles. The van der Waals surface area contributed by atoms with Gasteiger partial charge in [0.15, 0.2) is 0 Å². The molecule has 13 heavy (non-hydrogen) atoms. The summed E-state index contributed by atoms with van der Waals surface area (Å²) in [7, 11) is 0. The Bertz CT molecular complexity index is 243. The second-order valence-electron chi connectivity index (χ2n) is 4.11. The van der Waals surface area contributed by atoms with Crippen LogP contribution in [0.1, 0.15) is 26.7 Å². The van der Waals surface area contributed by atoms with Crippen molar-refractivity contribution in [3.05, 3.63) is 23.8 Å². The molecule has 1 aliphatic carbocycles. The number of carbonyl (C=O) groups is 1. The molecule has 2 heteroatoms. The Morgan fingerprint density at radius 3 is 2.85 bits per heavy atom. The van der Waals surface area contributed by atoms with Gasteiger partial charge >= 0.3 is 0 Å². The largest absolute Gasteiger partial charge is 0.386 e. The number of aliphatic hydroxyl groups is 1. The molecule has 0 spiro atoms. The maximum atomic E-state index is 10.5. The highest BCUT2D eigenvalue weighted by Crippen LogP contribution is 2.23. The van der Waals surface area contributed by atoms with Crippen LogP contribution in [0.5, 0.6) is 0 Å². The molecule has 0 saturated carbocycles. The zero-order chi connectivity index (χ0) is 9.90. The summed E-state index contributed by atoms with van der Waals surface area (Å²) in [4.78, 5) is 10.5. The van der Waals surface area contributed by atoms with Gasteiger partial charge < -0.3 is 9.90 Å². The van der Waals surface area contributed by atoms with Crippen molar-refractivity contribution < 1.29 is 9.90 Å². The molecule has 1 rings (SSSR count). The molecular weight excluding hydrogens is 164 g/mol. The Morgan fingerprint density at radius 2 is 2.31 bits per heavy atom. The van der Waals surface area contributed by atoms with Crippen molar-refractivity contribution in [1.29, 1.82) is 0 Å². The second-order valence-corrected chi connectivity index (χ2v) is 4.11. The van der Waals surface area contributed by atoms with Crippen LogP contribution < -0.4 is 0 Å². The molecule has 0 aromatic rings. The van der Waals surface area contributed by atoms with Gasteiger partial charge in [0, 0.05) is 5.92 Å².